The van der Waals surface area contributed by atoms with Crippen LogP contribution in [-0.2, 0) is 9.59 Å². The number of hydrogen-bond donors (Lipinski definition) is 3. The Morgan fingerprint density at radius 2 is 1.75 bits per heavy atom. The van der Waals surface area contributed by atoms with Crippen LogP contribution in [0.4, 0.5) is 0 Å². The van der Waals surface area contributed by atoms with Crippen LogP contribution >= 0.6 is 0 Å². The number of aryl methyl sites for hydroxylation is 1. The summed E-state index contributed by atoms with van der Waals surface area (Å²) in [7, 11) is 0. The molecule has 1 atom stereocenters. The van der Waals surface area contributed by atoms with Crippen LogP contribution in [0.15, 0.2) is 24.3 Å². The molecule has 0 heterocycles. The van der Waals surface area contributed by atoms with E-state index in [0.717, 1.165) is 11.1 Å². The van der Waals surface area contributed by atoms with Crippen LogP contribution in [0.1, 0.15) is 31.0 Å². The smallest absolute Gasteiger partial charge is 0.241 e. The third-order valence-electron chi connectivity index (χ3n) is 2.85. The van der Waals surface area contributed by atoms with Crippen molar-refractivity contribution in [1.29, 1.82) is 0 Å². The third-order valence-corrected chi connectivity index (χ3v) is 2.85. The zero-order chi connectivity index (χ0) is 15.1. The minimum absolute atomic E-state index is 0.0505. The van der Waals surface area contributed by atoms with Gasteiger partial charge in [0.05, 0.1) is 6.54 Å². The fourth-order valence-corrected chi connectivity index (χ4v) is 1.58. The summed E-state index contributed by atoms with van der Waals surface area (Å²) < 4.78 is 0. The SMILES string of the molecule is Cc1ccc(C(N)C(=O)NCC(=O)NCC(C)C)cc1. The molecule has 0 spiro atoms. The Morgan fingerprint density at radius 3 is 2.30 bits per heavy atom. The number of benzene rings is 1. The molecule has 0 radical (unpaired) electrons. The summed E-state index contributed by atoms with van der Waals surface area (Å²) in [4.78, 5) is 23.3. The lowest BCUT2D eigenvalue weighted by Gasteiger charge is -2.13. The van der Waals surface area contributed by atoms with Crippen molar-refractivity contribution < 1.29 is 9.59 Å². The molecule has 4 N–H and O–H groups in total. The second-order valence-corrected chi connectivity index (χ2v) is 5.30. The summed E-state index contributed by atoms with van der Waals surface area (Å²) in [6, 6.07) is 6.68. The molecule has 110 valence electrons. The second kappa shape index (κ2) is 7.65. The maximum absolute atomic E-state index is 11.9. The van der Waals surface area contributed by atoms with E-state index in [1.54, 1.807) is 0 Å². The number of hydrogen-bond acceptors (Lipinski definition) is 3. The summed E-state index contributed by atoms with van der Waals surface area (Å²) in [5.74, 6) is -0.179. The number of nitrogens with two attached hydrogens (primary N) is 1. The van der Waals surface area contributed by atoms with E-state index in [1.807, 2.05) is 45.0 Å². The average Bonchev–Trinajstić information content (AvgIpc) is 2.42. The Balaban J connectivity index is 2.42. The highest BCUT2D eigenvalue weighted by Crippen LogP contribution is 2.11. The standard InChI is InChI=1S/C15H23N3O2/c1-10(2)8-17-13(19)9-18-15(20)14(16)12-6-4-11(3)5-7-12/h4-7,10,14H,8-9,16H2,1-3H3,(H,17,19)(H,18,20). The first-order valence-electron chi connectivity index (χ1n) is 6.76. The van der Waals surface area contributed by atoms with E-state index in [0.29, 0.717) is 12.5 Å². The lowest BCUT2D eigenvalue weighted by atomic mass is 10.1. The molecule has 1 aromatic carbocycles. The molecule has 0 aliphatic rings. The van der Waals surface area contributed by atoms with Crippen LogP contribution in [0, 0.1) is 12.8 Å². The second-order valence-electron chi connectivity index (χ2n) is 5.30. The van der Waals surface area contributed by atoms with Crippen LogP contribution in [0.25, 0.3) is 0 Å². The highest BCUT2D eigenvalue weighted by Gasteiger charge is 2.16. The van der Waals surface area contributed by atoms with Gasteiger partial charge in [0.1, 0.15) is 6.04 Å². The molecule has 0 saturated heterocycles. The molecule has 0 saturated carbocycles. The van der Waals surface area contributed by atoms with Gasteiger partial charge in [-0.2, -0.15) is 0 Å². The third kappa shape index (κ3) is 5.40. The largest absolute Gasteiger partial charge is 0.354 e. The quantitative estimate of drug-likeness (QED) is 0.722. The Kier molecular flexibility index (Phi) is 6.18. The van der Waals surface area contributed by atoms with Crippen molar-refractivity contribution in [3.05, 3.63) is 35.4 Å². The van der Waals surface area contributed by atoms with E-state index >= 15 is 0 Å². The van der Waals surface area contributed by atoms with E-state index in [1.165, 1.54) is 0 Å². The minimum atomic E-state index is -0.756. The number of rotatable bonds is 6. The lowest BCUT2D eigenvalue weighted by molar-refractivity contribution is -0.126. The van der Waals surface area contributed by atoms with E-state index < -0.39 is 6.04 Å². The number of nitrogens with one attached hydrogen (secondary N) is 2. The summed E-state index contributed by atoms with van der Waals surface area (Å²) in [5.41, 5.74) is 7.69. The van der Waals surface area contributed by atoms with Crippen molar-refractivity contribution in [2.24, 2.45) is 11.7 Å². The molecule has 0 aliphatic heterocycles. The van der Waals surface area contributed by atoms with E-state index in [-0.39, 0.29) is 18.4 Å². The Morgan fingerprint density at radius 1 is 1.15 bits per heavy atom. The topological polar surface area (TPSA) is 84.2 Å². The van der Waals surface area contributed by atoms with Crippen LogP contribution < -0.4 is 16.4 Å². The van der Waals surface area contributed by atoms with Crippen molar-refractivity contribution in [2.75, 3.05) is 13.1 Å². The highest BCUT2D eigenvalue weighted by atomic mass is 16.2. The van der Waals surface area contributed by atoms with Crippen molar-refractivity contribution in [3.8, 4) is 0 Å². The van der Waals surface area contributed by atoms with Gasteiger partial charge in [0, 0.05) is 6.54 Å². The first-order chi connectivity index (χ1) is 9.40. The molecule has 1 unspecified atom stereocenters. The highest BCUT2D eigenvalue weighted by molar-refractivity contribution is 5.88. The van der Waals surface area contributed by atoms with Crippen LogP contribution in [0.5, 0.6) is 0 Å². The molecule has 1 aromatic rings. The predicted octanol–water partition coefficient (Wildman–Crippen LogP) is 0.883. The molecule has 0 bridgehead atoms. The fraction of sp³-hybridized carbons (Fsp3) is 0.467. The fourth-order valence-electron chi connectivity index (χ4n) is 1.58. The average molecular weight is 277 g/mol. The lowest BCUT2D eigenvalue weighted by Crippen LogP contribution is -2.41. The van der Waals surface area contributed by atoms with E-state index in [9.17, 15) is 9.59 Å². The van der Waals surface area contributed by atoms with Gasteiger partial charge in [-0.05, 0) is 18.4 Å². The molecule has 1 rings (SSSR count). The van der Waals surface area contributed by atoms with Crippen molar-refractivity contribution in [1.82, 2.24) is 10.6 Å². The monoisotopic (exact) mass is 277 g/mol. The Labute approximate surface area is 119 Å². The molecular formula is C15H23N3O2. The number of amides is 2. The molecule has 20 heavy (non-hydrogen) atoms. The first kappa shape index (κ1) is 16.2. The van der Waals surface area contributed by atoms with Crippen molar-refractivity contribution >= 4 is 11.8 Å². The summed E-state index contributed by atoms with van der Waals surface area (Å²) >= 11 is 0. The zero-order valence-electron chi connectivity index (χ0n) is 12.3. The molecule has 5 nitrogen and oxygen atoms in total. The molecule has 5 heteroatoms. The zero-order valence-corrected chi connectivity index (χ0v) is 12.3. The van der Waals surface area contributed by atoms with Gasteiger partial charge in [0.15, 0.2) is 0 Å². The Bertz CT molecular complexity index is 455. The van der Waals surface area contributed by atoms with Crippen molar-refractivity contribution in [3.63, 3.8) is 0 Å². The maximum Gasteiger partial charge on any atom is 0.241 e. The van der Waals surface area contributed by atoms with E-state index in [2.05, 4.69) is 10.6 Å². The number of carbonyl (C=O) groups is 2. The van der Waals surface area contributed by atoms with Gasteiger partial charge >= 0.3 is 0 Å². The summed E-state index contributed by atoms with van der Waals surface area (Å²) in [5, 5.41) is 5.27. The number of carbonyl (C=O) groups excluding carboxylic acids is 2. The van der Waals surface area contributed by atoms with Crippen LogP contribution in [0.2, 0.25) is 0 Å². The van der Waals surface area contributed by atoms with Gasteiger partial charge in [0.25, 0.3) is 0 Å². The molecule has 2 amide bonds. The van der Waals surface area contributed by atoms with Gasteiger partial charge in [0.2, 0.25) is 11.8 Å². The summed E-state index contributed by atoms with van der Waals surface area (Å²) in [6.07, 6.45) is 0. The van der Waals surface area contributed by atoms with Gasteiger partial charge in [-0.15, -0.1) is 0 Å². The maximum atomic E-state index is 11.9. The van der Waals surface area contributed by atoms with Crippen molar-refractivity contribution in [2.45, 2.75) is 26.8 Å². The first-order valence-corrected chi connectivity index (χ1v) is 6.76. The van der Waals surface area contributed by atoms with Gasteiger partial charge in [-0.25, -0.2) is 0 Å². The Hall–Kier alpha value is -1.88. The van der Waals surface area contributed by atoms with Gasteiger partial charge in [-0.1, -0.05) is 43.7 Å². The molecule has 0 aromatic heterocycles. The summed E-state index contributed by atoms with van der Waals surface area (Å²) in [6.45, 7) is 6.52. The van der Waals surface area contributed by atoms with Gasteiger partial charge in [-0.3, -0.25) is 9.59 Å². The van der Waals surface area contributed by atoms with Crippen LogP contribution in [0.3, 0.4) is 0 Å². The molecular weight excluding hydrogens is 254 g/mol. The normalized spacial score (nSPS) is 12.1. The molecule has 0 aliphatic carbocycles. The predicted molar refractivity (Wildman–Crippen MR) is 79.0 cm³/mol. The van der Waals surface area contributed by atoms with Crippen LogP contribution in [-0.4, -0.2) is 24.9 Å². The minimum Gasteiger partial charge on any atom is -0.354 e. The van der Waals surface area contributed by atoms with E-state index in [4.69, 9.17) is 5.73 Å². The molecule has 0 fully saturated rings. The van der Waals surface area contributed by atoms with Gasteiger partial charge < -0.3 is 16.4 Å².